The number of nitrogens with zero attached hydrogens (tertiary/aromatic N) is 1. The van der Waals surface area contributed by atoms with E-state index in [2.05, 4.69) is 31.0 Å². The highest BCUT2D eigenvalue weighted by molar-refractivity contribution is 5.85. The van der Waals surface area contributed by atoms with Gasteiger partial charge in [-0.2, -0.15) is 0 Å². The average Bonchev–Trinajstić information content (AvgIpc) is 2.43. The molecule has 0 aromatic carbocycles. The molecule has 3 unspecified atom stereocenters. The van der Waals surface area contributed by atoms with Crippen LogP contribution in [0.4, 0.5) is 0 Å². The summed E-state index contributed by atoms with van der Waals surface area (Å²) in [5.41, 5.74) is 5.93. The summed E-state index contributed by atoms with van der Waals surface area (Å²) in [5, 5.41) is 3.00. The van der Waals surface area contributed by atoms with Crippen molar-refractivity contribution in [2.45, 2.75) is 59.0 Å². The first-order valence-electron chi connectivity index (χ1n) is 7.73. The molecule has 0 aromatic rings. The van der Waals surface area contributed by atoms with E-state index in [1.165, 1.54) is 12.8 Å². The van der Waals surface area contributed by atoms with Crippen molar-refractivity contribution in [1.82, 2.24) is 10.2 Å². The highest BCUT2D eigenvalue weighted by Gasteiger charge is 2.23. The van der Waals surface area contributed by atoms with Crippen molar-refractivity contribution >= 4 is 18.3 Å². The van der Waals surface area contributed by atoms with E-state index in [0.29, 0.717) is 12.6 Å². The second-order valence-corrected chi connectivity index (χ2v) is 6.22. The van der Waals surface area contributed by atoms with E-state index in [-0.39, 0.29) is 30.3 Å². The quantitative estimate of drug-likeness (QED) is 0.789. The standard InChI is InChI=1S/C15H31N3O.ClH/c1-5-12(3)14(16)15(19)17-10-13(4)18-8-6-11(2)7-9-18;/h11-14H,5-10,16H2,1-4H3,(H,17,19);1H. The van der Waals surface area contributed by atoms with Crippen LogP contribution in [0.25, 0.3) is 0 Å². The minimum absolute atomic E-state index is 0. The van der Waals surface area contributed by atoms with Gasteiger partial charge >= 0.3 is 0 Å². The van der Waals surface area contributed by atoms with Crippen LogP contribution in [0.3, 0.4) is 0 Å². The maximum atomic E-state index is 11.9. The summed E-state index contributed by atoms with van der Waals surface area (Å²) in [5.74, 6) is 1.08. The van der Waals surface area contributed by atoms with Gasteiger partial charge in [-0.25, -0.2) is 0 Å². The molecule has 3 N–H and O–H groups in total. The van der Waals surface area contributed by atoms with Crippen molar-refractivity contribution in [3.8, 4) is 0 Å². The monoisotopic (exact) mass is 305 g/mol. The fourth-order valence-electron chi connectivity index (χ4n) is 2.48. The molecule has 20 heavy (non-hydrogen) atoms. The fraction of sp³-hybridized carbons (Fsp3) is 0.933. The highest BCUT2D eigenvalue weighted by atomic mass is 35.5. The summed E-state index contributed by atoms with van der Waals surface area (Å²) in [7, 11) is 0. The zero-order chi connectivity index (χ0) is 14.4. The molecular weight excluding hydrogens is 274 g/mol. The predicted molar refractivity (Wildman–Crippen MR) is 87.1 cm³/mol. The van der Waals surface area contributed by atoms with E-state index >= 15 is 0 Å². The molecule has 0 bridgehead atoms. The Bertz CT molecular complexity index is 280. The molecule has 0 radical (unpaired) electrons. The minimum Gasteiger partial charge on any atom is -0.353 e. The van der Waals surface area contributed by atoms with Crippen LogP contribution in [-0.4, -0.2) is 42.5 Å². The van der Waals surface area contributed by atoms with Crippen LogP contribution in [0.1, 0.15) is 47.0 Å². The molecule has 1 rings (SSSR count). The number of rotatable bonds is 6. The van der Waals surface area contributed by atoms with Crippen LogP contribution in [0, 0.1) is 11.8 Å². The van der Waals surface area contributed by atoms with Crippen molar-refractivity contribution in [3.63, 3.8) is 0 Å². The molecule has 1 amide bonds. The van der Waals surface area contributed by atoms with Gasteiger partial charge in [-0.3, -0.25) is 9.69 Å². The summed E-state index contributed by atoms with van der Waals surface area (Å²) in [6.07, 6.45) is 3.48. The molecule has 4 nitrogen and oxygen atoms in total. The summed E-state index contributed by atoms with van der Waals surface area (Å²) in [4.78, 5) is 14.4. The summed E-state index contributed by atoms with van der Waals surface area (Å²) < 4.78 is 0. The molecule has 1 saturated heterocycles. The first kappa shape index (κ1) is 19.7. The third-order valence-corrected chi connectivity index (χ3v) is 4.57. The summed E-state index contributed by atoms with van der Waals surface area (Å²) in [6.45, 7) is 11.6. The number of amides is 1. The van der Waals surface area contributed by atoms with Gasteiger partial charge in [-0.05, 0) is 44.7 Å². The molecule has 0 aliphatic carbocycles. The molecular formula is C15H32ClN3O. The van der Waals surface area contributed by atoms with Gasteiger partial charge in [0.15, 0.2) is 0 Å². The molecule has 1 heterocycles. The first-order chi connectivity index (χ1) is 8.95. The molecule has 1 aliphatic rings. The Morgan fingerprint density at radius 2 is 1.90 bits per heavy atom. The molecule has 120 valence electrons. The van der Waals surface area contributed by atoms with Gasteiger partial charge in [0.1, 0.15) is 0 Å². The SMILES string of the molecule is CCC(C)C(N)C(=O)NCC(C)N1CCC(C)CC1.Cl. The molecule has 5 heteroatoms. The van der Waals surface area contributed by atoms with Gasteiger partial charge in [0.05, 0.1) is 6.04 Å². The van der Waals surface area contributed by atoms with Crippen molar-refractivity contribution in [2.24, 2.45) is 17.6 Å². The highest BCUT2D eigenvalue weighted by Crippen LogP contribution is 2.17. The number of hydrogen-bond donors (Lipinski definition) is 2. The lowest BCUT2D eigenvalue weighted by Crippen LogP contribution is -2.50. The lowest BCUT2D eigenvalue weighted by atomic mass is 9.98. The van der Waals surface area contributed by atoms with Crippen molar-refractivity contribution < 1.29 is 4.79 Å². The van der Waals surface area contributed by atoms with Crippen molar-refractivity contribution in [2.75, 3.05) is 19.6 Å². The largest absolute Gasteiger partial charge is 0.353 e. The number of nitrogens with one attached hydrogen (secondary N) is 1. The Balaban J connectivity index is 0.00000361. The van der Waals surface area contributed by atoms with Crippen LogP contribution in [0.5, 0.6) is 0 Å². The molecule has 1 aliphatic heterocycles. The van der Waals surface area contributed by atoms with Crippen molar-refractivity contribution in [3.05, 3.63) is 0 Å². The molecule has 3 atom stereocenters. The first-order valence-corrected chi connectivity index (χ1v) is 7.73. The smallest absolute Gasteiger partial charge is 0.237 e. The number of halogens is 1. The Kier molecular flexibility index (Phi) is 9.43. The maximum Gasteiger partial charge on any atom is 0.237 e. The number of carbonyl (C=O) groups is 1. The van der Waals surface area contributed by atoms with Gasteiger partial charge in [-0.15, -0.1) is 12.4 Å². The predicted octanol–water partition coefficient (Wildman–Crippen LogP) is 2.02. The molecule has 1 fully saturated rings. The van der Waals surface area contributed by atoms with Crippen LogP contribution in [0.2, 0.25) is 0 Å². The lowest BCUT2D eigenvalue weighted by molar-refractivity contribution is -0.123. The zero-order valence-corrected chi connectivity index (χ0v) is 14.2. The number of hydrogen-bond acceptors (Lipinski definition) is 3. The minimum atomic E-state index is -0.376. The average molecular weight is 306 g/mol. The molecule has 0 spiro atoms. The van der Waals surface area contributed by atoms with Gasteiger partial charge in [-0.1, -0.05) is 27.2 Å². The van der Waals surface area contributed by atoms with E-state index in [1.54, 1.807) is 0 Å². The zero-order valence-electron chi connectivity index (χ0n) is 13.4. The van der Waals surface area contributed by atoms with E-state index in [1.807, 2.05) is 6.92 Å². The number of nitrogens with two attached hydrogens (primary N) is 1. The van der Waals surface area contributed by atoms with Crippen LogP contribution in [-0.2, 0) is 4.79 Å². The normalized spacial score (nSPS) is 21.6. The van der Waals surface area contributed by atoms with E-state index in [4.69, 9.17) is 5.73 Å². The number of carbonyl (C=O) groups excluding carboxylic acids is 1. The fourth-order valence-corrected chi connectivity index (χ4v) is 2.48. The lowest BCUT2D eigenvalue weighted by Gasteiger charge is -2.35. The topological polar surface area (TPSA) is 58.4 Å². The van der Waals surface area contributed by atoms with E-state index < -0.39 is 0 Å². The number of likely N-dealkylation sites (tertiary alicyclic amines) is 1. The van der Waals surface area contributed by atoms with Gasteiger partial charge in [0.2, 0.25) is 5.91 Å². The summed E-state index contributed by atoms with van der Waals surface area (Å²) >= 11 is 0. The maximum absolute atomic E-state index is 11.9. The van der Waals surface area contributed by atoms with Gasteiger partial charge in [0.25, 0.3) is 0 Å². The number of piperidine rings is 1. The second-order valence-electron chi connectivity index (χ2n) is 6.22. The van der Waals surface area contributed by atoms with Crippen LogP contribution in [0.15, 0.2) is 0 Å². The van der Waals surface area contributed by atoms with E-state index in [9.17, 15) is 4.79 Å². The Morgan fingerprint density at radius 3 is 2.40 bits per heavy atom. The summed E-state index contributed by atoms with van der Waals surface area (Å²) in [6, 6.07) is 0.0270. The third-order valence-electron chi connectivity index (χ3n) is 4.57. The Labute approximate surface area is 130 Å². The Morgan fingerprint density at radius 1 is 1.35 bits per heavy atom. The van der Waals surface area contributed by atoms with E-state index in [0.717, 1.165) is 25.4 Å². The van der Waals surface area contributed by atoms with Gasteiger partial charge < -0.3 is 11.1 Å². The molecule has 0 aromatic heterocycles. The van der Waals surface area contributed by atoms with Crippen LogP contribution >= 0.6 is 12.4 Å². The Hall–Kier alpha value is -0.320. The van der Waals surface area contributed by atoms with Crippen LogP contribution < -0.4 is 11.1 Å². The third kappa shape index (κ3) is 5.98. The van der Waals surface area contributed by atoms with Gasteiger partial charge in [0, 0.05) is 12.6 Å². The second kappa shape index (κ2) is 9.59. The van der Waals surface area contributed by atoms with Crippen molar-refractivity contribution in [1.29, 1.82) is 0 Å². The molecule has 0 saturated carbocycles.